The topological polar surface area (TPSA) is 38.8 Å². The maximum absolute atomic E-state index is 12.6. The molecule has 0 radical (unpaired) electrons. The number of rotatable bonds is 7. The van der Waals surface area contributed by atoms with Gasteiger partial charge in [0, 0.05) is 0 Å². The molecule has 1 heterocycles. The molecule has 1 fully saturated rings. The fourth-order valence-corrected chi connectivity index (χ4v) is 5.83. The normalized spacial score (nSPS) is 18.9. The van der Waals surface area contributed by atoms with Crippen molar-refractivity contribution in [3.05, 3.63) is 0 Å². The second kappa shape index (κ2) is 7.86. The molecule has 0 atom stereocenters. The second-order valence-electron chi connectivity index (χ2n) is 3.70. The number of hydrogen-bond acceptors (Lipinski definition) is 3. The molecule has 16 heavy (non-hydrogen) atoms. The average Bonchev–Trinajstić information content (AvgIpc) is 2.35. The van der Waals surface area contributed by atoms with Crippen molar-refractivity contribution in [1.82, 2.24) is 4.67 Å². The molecular formula is C10H22NO3PSe. The van der Waals surface area contributed by atoms with Crippen LogP contribution in [0, 0.1) is 0 Å². The Morgan fingerprint density at radius 3 is 2.06 bits per heavy atom. The molecule has 0 aliphatic carbocycles. The predicted molar refractivity (Wildman–Crippen MR) is 67.0 cm³/mol. The van der Waals surface area contributed by atoms with E-state index in [1.165, 1.54) is 0 Å². The predicted octanol–water partition coefficient (Wildman–Crippen LogP) is 2.80. The molecule has 6 heteroatoms. The Morgan fingerprint density at radius 1 is 1.12 bits per heavy atom. The third kappa shape index (κ3) is 4.48. The van der Waals surface area contributed by atoms with E-state index < -0.39 is 7.75 Å². The van der Waals surface area contributed by atoms with Gasteiger partial charge < -0.3 is 0 Å². The van der Waals surface area contributed by atoms with Gasteiger partial charge in [0.15, 0.2) is 0 Å². The Hall–Kier alpha value is 0.629. The van der Waals surface area contributed by atoms with Crippen molar-refractivity contribution in [3.63, 3.8) is 0 Å². The van der Waals surface area contributed by atoms with Crippen molar-refractivity contribution in [1.29, 1.82) is 0 Å². The standard InChI is InChI=1S/C10H22NO3PSe/c1-3-7-13-15(12,14-8-4-2)11-5-9-16-10-6-11/h3-10H2,1-2H3. The van der Waals surface area contributed by atoms with Crippen LogP contribution >= 0.6 is 7.75 Å². The molecule has 96 valence electrons. The summed E-state index contributed by atoms with van der Waals surface area (Å²) in [6.45, 7) is 6.80. The molecule has 0 spiro atoms. The number of nitrogens with zero attached hydrogens (tertiary/aromatic N) is 1. The molecule has 1 aliphatic heterocycles. The van der Waals surface area contributed by atoms with E-state index >= 15 is 0 Å². The van der Waals surface area contributed by atoms with Gasteiger partial charge in [0.05, 0.1) is 0 Å². The summed E-state index contributed by atoms with van der Waals surface area (Å²) in [7, 11) is -2.98. The fourth-order valence-electron chi connectivity index (χ4n) is 1.41. The van der Waals surface area contributed by atoms with Crippen LogP contribution in [-0.4, -0.2) is 45.9 Å². The van der Waals surface area contributed by atoms with Gasteiger partial charge >= 0.3 is 105 Å². The first-order valence-corrected chi connectivity index (χ1v) is 9.87. The van der Waals surface area contributed by atoms with Crippen molar-refractivity contribution in [2.24, 2.45) is 0 Å². The first-order chi connectivity index (χ1) is 7.73. The summed E-state index contributed by atoms with van der Waals surface area (Å²) in [5, 5.41) is 2.31. The molecule has 4 nitrogen and oxygen atoms in total. The third-order valence-corrected chi connectivity index (χ3v) is 6.34. The Bertz CT molecular complexity index is 222. The van der Waals surface area contributed by atoms with Gasteiger partial charge in [0.1, 0.15) is 0 Å². The Morgan fingerprint density at radius 2 is 1.62 bits per heavy atom. The van der Waals surface area contributed by atoms with E-state index in [1.54, 1.807) is 0 Å². The van der Waals surface area contributed by atoms with E-state index in [1.807, 2.05) is 18.5 Å². The van der Waals surface area contributed by atoms with Crippen molar-refractivity contribution in [2.45, 2.75) is 37.3 Å². The minimum atomic E-state index is -2.98. The second-order valence-corrected chi connectivity index (χ2v) is 8.29. The van der Waals surface area contributed by atoms with Gasteiger partial charge in [-0.15, -0.1) is 0 Å². The van der Waals surface area contributed by atoms with Crippen molar-refractivity contribution < 1.29 is 13.6 Å². The van der Waals surface area contributed by atoms with Gasteiger partial charge in [-0.2, -0.15) is 0 Å². The van der Waals surface area contributed by atoms with Crippen LogP contribution in [-0.2, 0) is 13.6 Å². The molecular weight excluding hydrogens is 292 g/mol. The SMILES string of the molecule is CCCOP(=O)(OCCC)N1CC[Se]CC1. The van der Waals surface area contributed by atoms with Gasteiger partial charge in [-0.25, -0.2) is 0 Å². The van der Waals surface area contributed by atoms with Gasteiger partial charge in [0.2, 0.25) is 0 Å². The Labute approximate surface area is 105 Å². The molecule has 1 saturated heterocycles. The molecule has 0 aromatic heterocycles. The zero-order valence-electron chi connectivity index (χ0n) is 10.2. The zero-order valence-corrected chi connectivity index (χ0v) is 12.8. The molecule has 0 bridgehead atoms. The number of hydrogen-bond donors (Lipinski definition) is 0. The van der Waals surface area contributed by atoms with E-state index in [0.29, 0.717) is 13.2 Å². The molecule has 0 unspecified atom stereocenters. The monoisotopic (exact) mass is 315 g/mol. The average molecular weight is 314 g/mol. The van der Waals surface area contributed by atoms with Gasteiger partial charge in [-0.1, -0.05) is 0 Å². The first-order valence-electron chi connectivity index (χ1n) is 5.95. The van der Waals surface area contributed by atoms with Crippen LogP contribution in [0.2, 0.25) is 10.6 Å². The van der Waals surface area contributed by atoms with E-state index in [2.05, 4.69) is 0 Å². The van der Waals surface area contributed by atoms with Crippen LogP contribution < -0.4 is 0 Å². The summed E-state index contributed by atoms with van der Waals surface area (Å²) in [6.07, 6.45) is 1.74. The van der Waals surface area contributed by atoms with Crippen LogP contribution in [0.4, 0.5) is 0 Å². The molecule has 0 N–H and O–H groups in total. The summed E-state index contributed by atoms with van der Waals surface area (Å²) in [6, 6.07) is 0. The maximum atomic E-state index is 12.6. The van der Waals surface area contributed by atoms with Gasteiger partial charge in [0.25, 0.3) is 0 Å². The van der Waals surface area contributed by atoms with Crippen LogP contribution in [0.1, 0.15) is 26.7 Å². The summed E-state index contributed by atoms with van der Waals surface area (Å²) in [4.78, 5) is 0. The van der Waals surface area contributed by atoms with Crippen LogP contribution in [0.5, 0.6) is 0 Å². The van der Waals surface area contributed by atoms with E-state index in [-0.39, 0.29) is 0 Å². The van der Waals surface area contributed by atoms with Crippen molar-refractivity contribution in [3.8, 4) is 0 Å². The summed E-state index contributed by atoms with van der Waals surface area (Å²) in [5.74, 6) is 0. The van der Waals surface area contributed by atoms with Crippen LogP contribution in [0.25, 0.3) is 0 Å². The summed E-state index contributed by atoms with van der Waals surface area (Å²) in [5.41, 5.74) is 0. The van der Waals surface area contributed by atoms with Crippen LogP contribution in [0.3, 0.4) is 0 Å². The quantitative estimate of drug-likeness (QED) is 0.535. The molecule has 0 saturated carbocycles. The molecule has 0 aromatic rings. The Balaban J connectivity index is 2.56. The fraction of sp³-hybridized carbons (Fsp3) is 1.00. The van der Waals surface area contributed by atoms with E-state index in [4.69, 9.17) is 9.05 Å². The minimum absolute atomic E-state index is 0.517. The van der Waals surface area contributed by atoms with Crippen LogP contribution in [0.15, 0.2) is 0 Å². The van der Waals surface area contributed by atoms with E-state index in [9.17, 15) is 4.57 Å². The van der Waals surface area contributed by atoms with Crippen molar-refractivity contribution in [2.75, 3.05) is 26.3 Å². The summed E-state index contributed by atoms with van der Waals surface area (Å²) < 4.78 is 25.5. The molecule has 1 rings (SSSR count). The first kappa shape index (κ1) is 14.7. The van der Waals surface area contributed by atoms with Gasteiger partial charge in [-0.3, -0.25) is 0 Å². The van der Waals surface area contributed by atoms with E-state index in [0.717, 1.165) is 51.5 Å². The zero-order chi connectivity index (χ0) is 11.9. The molecule has 0 amide bonds. The van der Waals surface area contributed by atoms with Crippen molar-refractivity contribution >= 4 is 22.7 Å². The third-order valence-electron chi connectivity index (χ3n) is 2.25. The van der Waals surface area contributed by atoms with Gasteiger partial charge in [-0.05, 0) is 0 Å². The summed E-state index contributed by atoms with van der Waals surface area (Å²) >= 11 is 0.719. The Kier molecular flexibility index (Phi) is 7.22. The molecule has 0 aromatic carbocycles. The molecule has 1 aliphatic rings.